The molecule has 0 saturated carbocycles. The van der Waals surface area contributed by atoms with E-state index in [2.05, 4.69) is 16.9 Å². The maximum absolute atomic E-state index is 13.2. The lowest BCUT2D eigenvalue weighted by Gasteiger charge is -2.23. The van der Waals surface area contributed by atoms with Crippen LogP contribution < -0.4 is 5.32 Å². The Morgan fingerprint density at radius 1 is 1.04 bits per heavy atom. The standard InChI is InChI=1S/C20H18Cl2N2O2S/c1-24-18-5-3-14(27(25,26)15-7-11(21)6-12(22)8-15)10-16(18)20-17-4-2-13(23-17)9-19(20)24/h3,5-8,10,13,17,23H,2,4,9H2,1H3. The van der Waals surface area contributed by atoms with Crippen LogP contribution in [0.1, 0.15) is 30.1 Å². The van der Waals surface area contributed by atoms with Gasteiger partial charge in [-0.2, -0.15) is 0 Å². The van der Waals surface area contributed by atoms with Gasteiger partial charge in [-0.3, -0.25) is 0 Å². The molecule has 1 N–H and O–H groups in total. The van der Waals surface area contributed by atoms with Crippen LogP contribution in [0.4, 0.5) is 0 Å². The quantitative estimate of drug-likeness (QED) is 0.655. The van der Waals surface area contributed by atoms with Gasteiger partial charge in [0.15, 0.2) is 0 Å². The van der Waals surface area contributed by atoms with Crippen LogP contribution in [-0.4, -0.2) is 19.0 Å². The Hall–Kier alpha value is -1.53. The van der Waals surface area contributed by atoms with Crippen LogP contribution >= 0.6 is 23.2 Å². The molecule has 3 aromatic rings. The van der Waals surface area contributed by atoms with Gasteiger partial charge >= 0.3 is 0 Å². The molecule has 2 aliphatic heterocycles. The molecule has 0 amide bonds. The van der Waals surface area contributed by atoms with Crippen LogP contribution in [0.5, 0.6) is 0 Å². The predicted molar refractivity (Wildman–Crippen MR) is 107 cm³/mol. The first kappa shape index (κ1) is 17.6. The molecule has 2 aliphatic rings. The van der Waals surface area contributed by atoms with E-state index in [0.29, 0.717) is 22.1 Å². The molecule has 1 saturated heterocycles. The van der Waals surface area contributed by atoms with E-state index >= 15 is 0 Å². The average Bonchev–Trinajstić information content (AvgIpc) is 3.13. The highest BCUT2D eigenvalue weighted by Crippen LogP contribution is 2.42. The fourth-order valence-electron chi connectivity index (χ4n) is 4.57. The maximum atomic E-state index is 13.2. The Bertz CT molecular complexity index is 1180. The first-order valence-electron chi connectivity index (χ1n) is 8.93. The highest BCUT2D eigenvalue weighted by molar-refractivity contribution is 7.91. The Kier molecular flexibility index (Phi) is 3.89. The third kappa shape index (κ3) is 2.64. The number of benzene rings is 2. The maximum Gasteiger partial charge on any atom is 0.206 e. The van der Waals surface area contributed by atoms with Gasteiger partial charge in [0.1, 0.15) is 0 Å². The molecule has 3 heterocycles. The first-order chi connectivity index (χ1) is 12.8. The summed E-state index contributed by atoms with van der Waals surface area (Å²) in [4.78, 5) is 0.380. The summed E-state index contributed by atoms with van der Waals surface area (Å²) in [6, 6.07) is 10.6. The van der Waals surface area contributed by atoms with Crippen molar-refractivity contribution in [1.29, 1.82) is 0 Å². The normalized spacial score (nSPS) is 21.6. The van der Waals surface area contributed by atoms with Gasteiger partial charge in [0.2, 0.25) is 9.84 Å². The summed E-state index contributed by atoms with van der Waals surface area (Å²) in [7, 11) is -1.64. The summed E-state index contributed by atoms with van der Waals surface area (Å²) >= 11 is 12.0. The van der Waals surface area contributed by atoms with Crippen LogP contribution in [-0.2, 0) is 23.3 Å². The second-order valence-corrected chi connectivity index (χ2v) is 10.2. The molecular formula is C20H18Cl2N2O2S. The molecule has 2 unspecified atom stereocenters. The summed E-state index contributed by atoms with van der Waals surface area (Å²) in [6.45, 7) is 0. The topological polar surface area (TPSA) is 51.1 Å². The number of sulfone groups is 1. The van der Waals surface area contributed by atoms with Crippen LogP contribution in [0, 0.1) is 0 Å². The van der Waals surface area contributed by atoms with Crippen molar-refractivity contribution in [2.75, 3.05) is 0 Å². The fourth-order valence-corrected chi connectivity index (χ4v) is 6.58. The Balaban J connectivity index is 1.71. The van der Waals surface area contributed by atoms with Gasteiger partial charge < -0.3 is 9.88 Å². The van der Waals surface area contributed by atoms with Gasteiger partial charge in [-0.1, -0.05) is 23.2 Å². The smallest absolute Gasteiger partial charge is 0.206 e. The second kappa shape index (κ2) is 5.98. The van der Waals surface area contributed by atoms with Gasteiger partial charge in [-0.25, -0.2) is 8.42 Å². The van der Waals surface area contributed by atoms with Crippen LogP contribution in [0.15, 0.2) is 46.2 Å². The molecule has 0 aliphatic carbocycles. The number of nitrogens with one attached hydrogen (secondary N) is 1. The van der Waals surface area contributed by atoms with Gasteiger partial charge in [-0.05, 0) is 54.8 Å². The van der Waals surface area contributed by atoms with Crippen molar-refractivity contribution in [3.63, 3.8) is 0 Å². The molecule has 27 heavy (non-hydrogen) atoms. The SMILES string of the molecule is Cn1c2c(c3cc(S(=O)(=O)c4cc(Cl)cc(Cl)c4)ccc31)C1CCC(C2)N1. The van der Waals surface area contributed by atoms with E-state index in [1.54, 1.807) is 12.1 Å². The van der Waals surface area contributed by atoms with E-state index in [-0.39, 0.29) is 9.79 Å². The van der Waals surface area contributed by atoms with E-state index in [1.165, 1.54) is 35.9 Å². The first-order valence-corrected chi connectivity index (χ1v) is 11.2. The predicted octanol–water partition coefficient (Wildman–Crippen LogP) is 4.67. The van der Waals surface area contributed by atoms with Gasteiger partial charge in [0, 0.05) is 52.2 Å². The van der Waals surface area contributed by atoms with E-state index in [9.17, 15) is 8.42 Å². The zero-order chi connectivity index (χ0) is 18.9. The lowest BCUT2D eigenvalue weighted by Crippen LogP contribution is -2.32. The van der Waals surface area contributed by atoms with Crippen molar-refractivity contribution in [2.45, 2.75) is 41.1 Å². The Labute approximate surface area is 168 Å². The lowest BCUT2D eigenvalue weighted by molar-refractivity contribution is 0.503. The molecule has 140 valence electrons. The van der Waals surface area contributed by atoms with E-state index in [1.807, 2.05) is 6.07 Å². The minimum Gasteiger partial charge on any atom is -0.347 e. The van der Waals surface area contributed by atoms with Crippen molar-refractivity contribution in [3.8, 4) is 0 Å². The summed E-state index contributed by atoms with van der Waals surface area (Å²) in [5.41, 5.74) is 3.64. The number of aromatic nitrogens is 1. The van der Waals surface area contributed by atoms with Crippen LogP contribution in [0.2, 0.25) is 10.0 Å². The average molecular weight is 421 g/mol. The van der Waals surface area contributed by atoms with Crippen molar-refractivity contribution < 1.29 is 8.42 Å². The Morgan fingerprint density at radius 2 is 1.78 bits per heavy atom. The summed E-state index contributed by atoms with van der Waals surface area (Å²) < 4.78 is 28.6. The van der Waals surface area contributed by atoms with Gasteiger partial charge in [-0.15, -0.1) is 0 Å². The van der Waals surface area contributed by atoms with E-state index in [0.717, 1.165) is 23.7 Å². The summed E-state index contributed by atoms with van der Waals surface area (Å²) in [5.74, 6) is 0. The molecule has 2 aromatic carbocycles. The van der Waals surface area contributed by atoms with Crippen molar-refractivity contribution in [3.05, 3.63) is 57.7 Å². The van der Waals surface area contributed by atoms with Gasteiger partial charge in [0.25, 0.3) is 0 Å². The monoisotopic (exact) mass is 420 g/mol. The summed E-state index contributed by atoms with van der Waals surface area (Å²) in [6.07, 6.45) is 3.25. The molecule has 2 atom stereocenters. The molecule has 0 spiro atoms. The van der Waals surface area contributed by atoms with Crippen LogP contribution in [0.3, 0.4) is 0 Å². The lowest BCUT2D eigenvalue weighted by atomic mass is 9.99. The van der Waals surface area contributed by atoms with Crippen LogP contribution in [0.25, 0.3) is 10.9 Å². The number of nitrogens with zero attached hydrogens (tertiary/aromatic N) is 1. The molecule has 5 rings (SSSR count). The number of hydrogen-bond donors (Lipinski definition) is 1. The minimum absolute atomic E-state index is 0.114. The van der Waals surface area contributed by atoms with E-state index in [4.69, 9.17) is 23.2 Å². The zero-order valence-corrected chi connectivity index (χ0v) is 17.0. The number of halogens is 2. The number of hydrogen-bond acceptors (Lipinski definition) is 3. The molecular weight excluding hydrogens is 403 g/mol. The van der Waals surface area contributed by atoms with Crippen molar-refractivity contribution in [1.82, 2.24) is 9.88 Å². The zero-order valence-electron chi connectivity index (χ0n) is 14.7. The largest absolute Gasteiger partial charge is 0.347 e. The number of aryl methyl sites for hydroxylation is 1. The second-order valence-electron chi connectivity index (χ2n) is 7.40. The molecule has 4 nitrogen and oxygen atoms in total. The molecule has 1 fully saturated rings. The van der Waals surface area contributed by atoms with Crippen molar-refractivity contribution in [2.24, 2.45) is 7.05 Å². The van der Waals surface area contributed by atoms with Gasteiger partial charge in [0.05, 0.1) is 9.79 Å². The number of rotatable bonds is 2. The highest BCUT2D eigenvalue weighted by Gasteiger charge is 2.36. The molecule has 7 heteroatoms. The number of fused-ring (bicyclic) bond motifs is 6. The molecule has 0 radical (unpaired) electrons. The van der Waals surface area contributed by atoms with E-state index < -0.39 is 9.84 Å². The minimum atomic E-state index is -3.71. The fraction of sp³-hybridized carbons (Fsp3) is 0.300. The molecule has 1 aromatic heterocycles. The van der Waals surface area contributed by atoms with Crippen molar-refractivity contribution >= 4 is 43.9 Å². The highest BCUT2D eigenvalue weighted by atomic mass is 35.5. The Morgan fingerprint density at radius 3 is 2.52 bits per heavy atom. The third-order valence-electron chi connectivity index (χ3n) is 5.82. The third-order valence-corrected chi connectivity index (χ3v) is 7.99. The summed E-state index contributed by atoms with van der Waals surface area (Å²) in [5, 5.41) is 5.28. The molecule has 2 bridgehead atoms.